The maximum atomic E-state index is 12.5. The Bertz CT molecular complexity index is 342. The van der Waals surface area contributed by atoms with Gasteiger partial charge in [0.1, 0.15) is 5.92 Å². The molecule has 0 aromatic heterocycles. The van der Waals surface area contributed by atoms with Gasteiger partial charge in [0.15, 0.2) is 0 Å². The molecule has 2 N–H and O–H groups in total. The van der Waals surface area contributed by atoms with Gasteiger partial charge < -0.3 is 20.1 Å². The van der Waals surface area contributed by atoms with Crippen LogP contribution in [-0.2, 0) is 14.3 Å². The number of carboxylic acid groups (broad SMARTS) is 1. The lowest BCUT2D eigenvalue weighted by Gasteiger charge is -2.34. The minimum absolute atomic E-state index is 0.0175. The van der Waals surface area contributed by atoms with Crippen LogP contribution in [0.4, 0.5) is 0 Å². The number of hydrogen-bond acceptors (Lipinski definition) is 4. The Labute approximate surface area is 113 Å². The van der Waals surface area contributed by atoms with Crippen LogP contribution >= 0.6 is 0 Å². The molecule has 1 amide bonds. The molecule has 0 aromatic carbocycles. The molecular weight excluding hydrogens is 248 g/mol. The van der Waals surface area contributed by atoms with Gasteiger partial charge in [-0.25, -0.2) is 0 Å². The first-order valence-corrected chi connectivity index (χ1v) is 6.99. The van der Waals surface area contributed by atoms with Crippen LogP contribution in [-0.4, -0.2) is 60.3 Å². The first-order valence-electron chi connectivity index (χ1n) is 6.99. The molecule has 19 heavy (non-hydrogen) atoms. The van der Waals surface area contributed by atoms with Gasteiger partial charge >= 0.3 is 5.97 Å². The summed E-state index contributed by atoms with van der Waals surface area (Å²) in [6.07, 6.45) is 2.98. The second kappa shape index (κ2) is 6.34. The Balaban J connectivity index is 2.05. The number of amides is 1. The number of nitrogens with zero attached hydrogens (tertiary/aromatic N) is 1. The highest BCUT2D eigenvalue weighted by molar-refractivity contribution is 5.83. The van der Waals surface area contributed by atoms with Crippen LogP contribution in [0.15, 0.2) is 0 Å². The van der Waals surface area contributed by atoms with Gasteiger partial charge in [-0.15, -0.1) is 0 Å². The molecule has 3 atom stereocenters. The zero-order valence-corrected chi connectivity index (χ0v) is 11.3. The van der Waals surface area contributed by atoms with E-state index < -0.39 is 11.9 Å². The summed E-state index contributed by atoms with van der Waals surface area (Å²) in [5.41, 5.74) is 0. The summed E-state index contributed by atoms with van der Waals surface area (Å²) in [5, 5.41) is 12.4. The second-order valence-electron chi connectivity index (χ2n) is 5.18. The SMILES string of the molecule is CCN(C(=O)[C@@H]1CCCCN1)C1COCC1C(=O)O. The van der Waals surface area contributed by atoms with E-state index in [4.69, 9.17) is 4.74 Å². The van der Waals surface area contributed by atoms with Crippen molar-refractivity contribution in [1.29, 1.82) is 0 Å². The maximum Gasteiger partial charge on any atom is 0.311 e. The molecule has 6 nitrogen and oxygen atoms in total. The van der Waals surface area contributed by atoms with Crippen LogP contribution in [0, 0.1) is 5.92 Å². The van der Waals surface area contributed by atoms with Gasteiger partial charge in [-0.1, -0.05) is 6.42 Å². The topological polar surface area (TPSA) is 78.9 Å². The summed E-state index contributed by atoms with van der Waals surface area (Å²) in [7, 11) is 0. The highest BCUT2D eigenvalue weighted by Gasteiger charge is 2.41. The van der Waals surface area contributed by atoms with Gasteiger partial charge in [-0.3, -0.25) is 9.59 Å². The normalized spacial score (nSPS) is 31.1. The monoisotopic (exact) mass is 270 g/mol. The number of hydrogen-bond donors (Lipinski definition) is 2. The van der Waals surface area contributed by atoms with Crippen molar-refractivity contribution in [2.75, 3.05) is 26.3 Å². The molecule has 108 valence electrons. The van der Waals surface area contributed by atoms with Crippen LogP contribution in [0.25, 0.3) is 0 Å². The number of carbonyl (C=O) groups is 2. The van der Waals surface area contributed by atoms with Gasteiger partial charge in [-0.2, -0.15) is 0 Å². The van der Waals surface area contributed by atoms with E-state index in [1.165, 1.54) is 0 Å². The average Bonchev–Trinajstić information content (AvgIpc) is 2.90. The predicted molar refractivity (Wildman–Crippen MR) is 68.8 cm³/mol. The summed E-state index contributed by atoms with van der Waals surface area (Å²) >= 11 is 0. The van der Waals surface area contributed by atoms with Crippen molar-refractivity contribution in [2.24, 2.45) is 5.92 Å². The average molecular weight is 270 g/mol. The van der Waals surface area contributed by atoms with E-state index in [2.05, 4.69) is 5.32 Å². The van der Waals surface area contributed by atoms with Crippen molar-refractivity contribution in [1.82, 2.24) is 10.2 Å². The van der Waals surface area contributed by atoms with E-state index in [9.17, 15) is 14.7 Å². The zero-order chi connectivity index (χ0) is 13.8. The number of ether oxygens (including phenoxy) is 1. The summed E-state index contributed by atoms with van der Waals surface area (Å²) in [6, 6.07) is -0.498. The number of carboxylic acids is 1. The summed E-state index contributed by atoms with van der Waals surface area (Å²) in [5.74, 6) is -1.47. The Morgan fingerprint density at radius 1 is 1.37 bits per heavy atom. The molecule has 2 heterocycles. The molecule has 0 saturated carbocycles. The number of carbonyl (C=O) groups excluding carboxylic acids is 1. The standard InChI is InChI=1S/C13H22N2O4/c1-2-15(11-8-19-7-9(11)13(17)18)12(16)10-5-3-4-6-14-10/h9-11,14H,2-8H2,1H3,(H,17,18)/t9?,10-,11?/m0/s1. The Morgan fingerprint density at radius 3 is 2.74 bits per heavy atom. The summed E-state index contributed by atoms with van der Waals surface area (Å²) in [4.78, 5) is 25.4. The van der Waals surface area contributed by atoms with E-state index in [-0.39, 0.29) is 24.6 Å². The van der Waals surface area contributed by atoms with Crippen molar-refractivity contribution >= 4 is 11.9 Å². The summed E-state index contributed by atoms with van der Waals surface area (Å²) in [6.45, 7) is 3.79. The number of piperidine rings is 1. The van der Waals surface area contributed by atoms with E-state index in [0.717, 1.165) is 25.8 Å². The van der Waals surface area contributed by atoms with Crippen LogP contribution in [0.2, 0.25) is 0 Å². The molecule has 0 aromatic rings. The molecular formula is C13H22N2O4. The fraction of sp³-hybridized carbons (Fsp3) is 0.846. The van der Waals surface area contributed by atoms with Crippen molar-refractivity contribution < 1.29 is 19.4 Å². The lowest BCUT2D eigenvalue weighted by Crippen LogP contribution is -2.54. The quantitative estimate of drug-likeness (QED) is 0.756. The van der Waals surface area contributed by atoms with Crippen molar-refractivity contribution in [2.45, 2.75) is 38.3 Å². The third-order valence-corrected chi connectivity index (χ3v) is 4.00. The van der Waals surface area contributed by atoms with Crippen molar-refractivity contribution in [3.05, 3.63) is 0 Å². The molecule has 0 spiro atoms. The van der Waals surface area contributed by atoms with Gasteiger partial charge in [0.25, 0.3) is 0 Å². The third-order valence-electron chi connectivity index (χ3n) is 4.00. The second-order valence-corrected chi connectivity index (χ2v) is 5.18. The number of aliphatic carboxylic acids is 1. The highest BCUT2D eigenvalue weighted by atomic mass is 16.5. The maximum absolute atomic E-state index is 12.5. The molecule has 0 bridgehead atoms. The molecule has 2 unspecified atom stereocenters. The van der Waals surface area contributed by atoms with Crippen LogP contribution in [0.3, 0.4) is 0 Å². The molecule has 2 saturated heterocycles. The lowest BCUT2D eigenvalue weighted by atomic mass is 9.99. The lowest BCUT2D eigenvalue weighted by molar-refractivity contribution is -0.145. The molecule has 6 heteroatoms. The Morgan fingerprint density at radius 2 is 2.16 bits per heavy atom. The van der Waals surface area contributed by atoms with E-state index in [0.29, 0.717) is 13.2 Å². The smallest absolute Gasteiger partial charge is 0.311 e. The van der Waals surface area contributed by atoms with Crippen LogP contribution < -0.4 is 5.32 Å². The number of likely N-dealkylation sites (N-methyl/N-ethyl adjacent to an activating group) is 1. The minimum Gasteiger partial charge on any atom is -0.481 e. The molecule has 2 aliphatic heterocycles. The largest absolute Gasteiger partial charge is 0.481 e. The highest BCUT2D eigenvalue weighted by Crippen LogP contribution is 2.22. The summed E-state index contributed by atoms with van der Waals surface area (Å²) < 4.78 is 5.26. The molecule has 2 fully saturated rings. The fourth-order valence-corrected chi connectivity index (χ4v) is 2.90. The number of nitrogens with one attached hydrogen (secondary N) is 1. The third kappa shape index (κ3) is 3.06. The van der Waals surface area contributed by atoms with Crippen molar-refractivity contribution in [3.8, 4) is 0 Å². The van der Waals surface area contributed by atoms with Gasteiger partial charge in [0.05, 0.1) is 25.3 Å². The molecule has 2 rings (SSSR count). The minimum atomic E-state index is -0.884. The Kier molecular flexibility index (Phi) is 4.76. The van der Waals surface area contributed by atoms with Crippen LogP contribution in [0.5, 0.6) is 0 Å². The zero-order valence-electron chi connectivity index (χ0n) is 11.3. The first-order chi connectivity index (χ1) is 9.15. The fourth-order valence-electron chi connectivity index (χ4n) is 2.90. The molecule has 0 radical (unpaired) electrons. The molecule has 0 aliphatic carbocycles. The van der Waals surface area contributed by atoms with Gasteiger partial charge in [0.2, 0.25) is 5.91 Å². The van der Waals surface area contributed by atoms with Crippen LogP contribution in [0.1, 0.15) is 26.2 Å². The van der Waals surface area contributed by atoms with E-state index in [1.807, 2.05) is 6.92 Å². The van der Waals surface area contributed by atoms with Gasteiger partial charge in [-0.05, 0) is 26.3 Å². The Hall–Kier alpha value is -1.14. The van der Waals surface area contributed by atoms with E-state index >= 15 is 0 Å². The van der Waals surface area contributed by atoms with Gasteiger partial charge in [0, 0.05) is 6.54 Å². The van der Waals surface area contributed by atoms with E-state index in [1.54, 1.807) is 4.90 Å². The molecule has 2 aliphatic rings. The number of rotatable bonds is 4. The first kappa shape index (κ1) is 14.3. The predicted octanol–water partition coefficient (Wildman–Crippen LogP) is 0.0766. The van der Waals surface area contributed by atoms with Crippen molar-refractivity contribution in [3.63, 3.8) is 0 Å².